The Labute approximate surface area is 152 Å². The molecule has 1 saturated carbocycles. The van der Waals surface area contributed by atoms with E-state index < -0.39 is 10.0 Å². The number of nitrogens with zero attached hydrogens (tertiary/aromatic N) is 2. The van der Waals surface area contributed by atoms with Crippen LogP contribution >= 0.6 is 0 Å². The fourth-order valence-corrected chi connectivity index (χ4v) is 3.19. The highest BCUT2D eigenvalue weighted by Gasteiger charge is 2.22. The van der Waals surface area contributed by atoms with Crippen LogP contribution < -0.4 is 14.8 Å². The number of amides is 1. The lowest BCUT2D eigenvalue weighted by atomic mass is 10.3. The fourth-order valence-electron chi connectivity index (χ4n) is 2.39. The van der Waals surface area contributed by atoms with E-state index in [1.54, 1.807) is 19.3 Å². The quantitative estimate of drug-likeness (QED) is 0.715. The summed E-state index contributed by atoms with van der Waals surface area (Å²) in [7, 11) is -0.639. The smallest absolute Gasteiger partial charge is 0.268 e. The zero-order valence-corrected chi connectivity index (χ0v) is 15.5. The van der Waals surface area contributed by atoms with E-state index in [-0.39, 0.29) is 23.0 Å². The molecular weight excluding hydrogens is 356 g/mol. The maximum atomic E-state index is 12.3. The van der Waals surface area contributed by atoms with Crippen LogP contribution in [0.25, 0.3) is 0 Å². The highest BCUT2D eigenvalue weighted by atomic mass is 32.2. The zero-order valence-electron chi connectivity index (χ0n) is 14.7. The van der Waals surface area contributed by atoms with Gasteiger partial charge in [-0.3, -0.25) is 4.79 Å². The van der Waals surface area contributed by atoms with Crippen molar-refractivity contribution in [3.8, 4) is 5.88 Å². The Morgan fingerprint density at radius 1 is 1.38 bits per heavy atom. The fraction of sp³-hybridized carbons (Fsp3) is 0.412. The summed E-state index contributed by atoms with van der Waals surface area (Å²) in [5.41, 5.74) is 1.09. The normalized spacial score (nSPS) is 14.2. The van der Waals surface area contributed by atoms with Crippen molar-refractivity contribution in [2.24, 2.45) is 13.0 Å². The lowest BCUT2D eigenvalue weighted by Crippen LogP contribution is -2.24. The van der Waals surface area contributed by atoms with Gasteiger partial charge in [-0.05, 0) is 37.4 Å². The summed E-state index contributed by atoms with van der Waals surface area (Å²) in [5.74, 6) is 0.883. The molecule has 2 N–H and O–H groups in total. The molecular formula is C17H22N4O4S. The van der Waals surface area contributed by atoms with Gasteiger partial charge in [-0.2, -0.15) is 0 Å². The maximum absolute atomic E-state index is 12.3. The van der Waals surface area contributed by atoms with Gasteiger partial charge in [-0.25, -0.2) is 18.1 Å². The van der Waals surface area contributed by atoms with E-state index in [9.17, 15) is 13.2 Å². The number of pyridine rings is 1. The van der Waals surface area contributed by atoms with Crippen LogP contribution in [-0.2, 0) is 23.6 Å². The van der Waals surface area contributed by atoms with E-state index in [4.69, 9.17) is 4.74 Å². The van der Waals surface area contributed by atoms with Gasteiger partial charge in [-0.15, -0.1) is 0 Å². The zero-order chi connectivity index (χ0) is 18.7. The van der Waals surface area contributed by atoms with Crippen molar-refractivity contribution in [2.75, 3.05) is 13.7 Å². The summed E-state index contributed by atoms with van der Waals surface area (Å²) < 4.78 is 32.9. The Balaban J connectivity index is 1.58. The van der Waals surface area contributed by atoms with Crippen molar-refractivity contribution >= 4 is 15.9 Å². The van der Waals surface area contributed by atoms with E-state index in [1.165, 1.54) is 36.7 Å². The molecule has 0 atom stereocenters. The van der Waals surface area contributed by atoms with Crippen LogP contribution in [0.2, 0.25) is 0 Å². The minimum Gasteiger partial charge on any atom is -0.477 e. The van der Waals surface area contributed by atoms with Crippen molar-refractivity contribution in [1.82, 2.24) is 19.6 Å². The average molecular weight is 378 g/mol. The molecule has 2 aromatic rings. The van der Waals surface area contributed by atoms with Crippen LogP contribution in [0.15, 0.2) is 35.5 Å². The van der Waals surface area contributed by atoms with Crippen LogP contribution in [-0.4, -0.2) is 37.5 Å². The number of ether oxygens (including phenoxy) is 1. The average Bonchev–Trinajstić information content (AvgIpc) is 3.38. The van der Waals surface area contributed by atoms with Crippen molar-refractivity contribution < 1.29 is 17.9 Å². The number of rotatable bonds is 8. The van der Waals surface area contributed by atoms with Crippen LogP contribution in [0.1, 0.15) is 28.9 Å². The van der Waals surface area contributed by atoms with Crippen LogP contribution in [0, 0.1) is 5.92 Å². The largest absolute Gasteiger partial charge is 0.477 e. The predicted molar refractivity (Wildman–Crippen MR) is 95.3 cm³/mol. The van der Waals surface area contributed by atoms with Gasteiger partial charge in [-0.1, -0.05) is 6.07 Å². The topological polar surface area (TPSA) is 102 Å². The Morgan fingerprint density at radius 2 is 2.15 bits per heavy atom. The number of hydrogen-bond donors (Lipinski definition) is 2. The second-order valence-electron chi connectivity index (χ2n) is 6.32. The number of aromatic nitrogens is 2. The third-order valence-corrected chi connectivity index (χ3v) is 5.59. The van der Waals surface area contributed by atoms with Crippen LogP contribution in [0.3, 0.4) is 0 Å². The molecule has 0 radical (unpaired) electrons. The van der Waals surface area contributed by atoms with Crippen LogP contribution in [0.5, 0.6) is 5.88 Å². The second-order valence-corrected chi connectivity index (χ2v) is 8.21. The lowest BCUT2D eigenvalue weighted by molar-refractivity contribution is 0.0942. The summed E-state index contributed by atoms with van der Waals surface area (Å²) >= 11 is 0. The summed E-state index contributed by atoms with van der Waals surface area (Å²) in [6.45, 7) is 0.989. The highest BCUT2D eigenvalue weighted by Crippen LogP contribution is 2.29. The molecule has 0 saturated heterocycles. The number of hydrogen-bond acceptors (Lipinski definition) is 5. The summed E-state index contributed by atoms with van der Waals surface area (Å²) in [6.07, 6.45) is 5.50. The van der Waals surface area contributed by atoms with Gasteiger partial charge < -0.3 is 14.6 Å². The first kappa shape index (κ1) is 18.4. The molecule has 0 bridgehead atoms. The third-order valence-electron chi connectivity index (χ3n) is 4.21. The number of sulfonamides is 1. The van der Waals surface area contributed by atoms with E-state index >= 15 is 0 Å². The molecule has 26 heavy (non-hydrogen) atoms. The van der Waals surface area contributed by atoms with Crippen molar-refractivity contribution in [1.29, 1.82) is 0 Å². The predicted octanol–water partition coefficient (Wildman–Crippen LogP) is 1.05. The molecule has 1 aliphatic rings. The van der Waals surface area contributed by atoms with Gasteiger partial charge in [0.05, 0.1) is 6.61 Å². The Bertz CT molecular complexity index is 886. The van der Waals surface area contributed by atoms with Gasteiger partial charge in [0.15, 0.2) is 0 Å². The van der Waals surface area contributed by atoms with Gasteiger partial charge in [0.1, 0.15) is 10.6 Å². The van der Waals surface area contributed by atoms with E-state index in [0.29, 0.717) is 18.4 Å². The van der Waals surface area contributed by atoms with E-state index in [0.717, 1.165) is 5.56 Å². The number of carbonyl (C=O) groups excluding carboxylic acids is 1. The molecule has 0 unspecified atom stereocenters. The lowest BCUT2D eigenvalue weighted by Gasteiger charge is -2.07. The van der Waals surface area contributed by atoms with Crippen molar-refractivity contribution in [3.05, 3.63) is 41.9 Å². The highest BCUT2D eigenvalue weighted by molar-refractivity contribution is 7.89. The molecule has 8 nitrogen and oxygen atoms in total. The number of carbonyl (C=O) groups is 1. The first-order valence-electron chi connectivity index (χ1n) is 8.35. The van der Waals surface area contributed by atoms with Gasteiger partial charge in [0.2, 0.25) is 15.9 Å². The molecule has 2 heterocycles. The first-order chi connectivity index (χ1) is 12.4. The Morgan fingerprint density at radius 3 is 2.77 bits per heavy atom. The summed E-state index contributed by atoms with van der Waals surface area (Å²) in [6, 6.07) is 4.97. The van der Waals surface area contributed by atoms with Gasteiger partial charge in [0.25, 0.3) is 5.91 Å². The molecule has 1 fully saturated rings. The van der Waals surface area contributed by atoms with Gasteiger partial charge in [0, 0.05) is 32.1 Å². The summed E-state index contributed by atoms with van der Waals surface area (Å²) in [4.78, 5) is 16.6. The van der Waals surface area contributed by atoms with Crippen molar-refractivity contribution in [2.45, 2.75) is 24.3 Å². The van der Waals surface area contributed by atoms with Crippen molar-refractivity contribution in [3.63, 3.8) is 0 Å². The molecule has 0 aromatic carbocycles. The van der Waals surface area contributed by atoms with Crippen LogP contribution in [0.4, 0.5) is 0 Å². The Hall–Kier alpha value is -2.39. The molecule has 1 aliphatic carbocycles. The minimum absolute atomic E-state index is 0.0477. The van der Waals surface area contributed by atoms with E-state index in [2.05, 4.69) is 15.0 Å². The maximum Gasteiger partial charge on any atom is 0.268 e. The summed E-state index contributed by atoms with van der Waals surface area (Å²) in [5, 5.41) is 2.76. The number of nitrogens with one attached hydrogen (secondary N) is 2. The molecule has 3 rings (SSSR count). The number of aryl methyl sites for hydroxylation is 1. The first-order valence-corrected chi connectivity index (χ1v) is 9.83. The molecule has 0 aliphatic heterocycles. The SMILES string of the molecule is CNS(=O)(=O)c1cc(C(=O)NCc2ccc(OCC3CC3)nc2)n(C)c1. The van der Waals surface area contributed by atoms with Gasteiger partial charge >= 0.3 is 0 Å². The molecule has 140 valence electrons. The third kappa shape index (κ3) is 4.41. The second kappa shape index (κ2) is 7.46. The molecule has 1 amide bonds. The van der Waals surface area contributed by atoms with E-state index in [1.807, 2.05) is 6.07 Å². The molecule has 9 heteroatoms. The molecule has 0 spiro atoms. The monoisotopic (exact) mass is 378 g/mol. The molecule has 2 aromatic heterocycles. The standard InChI is InChI=1S/C17H22N4O4S/c1-18-26(23,24)14-7-15(21(2)10-14)17(22)20-9-13-5-6-16(19-8-13)25-11-12-3-4-12/h5-8,10,12,18H,3-4,9,11H2,1-2H3,(H,20,22). The minimum atomic E-state index is -3.59. The Kier molecular flexibility index (Phi) is 5.28.